The lowest BCUT2D eigenvalue weighted by atomic mass is 9.99. The molecule has 48 heavy (non-hydrogen) atoms. The van der Waals surface area contributed by atoms with Crippen molar-refractivity contribution < 1.29 is 9.59 Å². The summed E-state index contributed by atoms with van der Waals surface area (Å²) in [4.78, 5) is 53.4. The number of H-pyrrole nitrogens is 1. The second kappa shape index (κ2) is 14.5. The van der Waals surface area contributed by atoms with Crippen LogP contribution in [-0.4, -0.2) is 117 Å². The fourth-order valence-electron chi connectivity index (χ4n) is 7.31. The first-order valence-corrected chi connectivity index (χ1v) is 17.9. The smallest absolute Gasteiger partial charge is 0.255 e. The number of aromatic nitrogens is 4. The van der Waals surface area contributed by atoms with Crippen LogP contribution in [0.4, 0.5) is 5.82 Å². The lowest BCUT2D eigenvalue weighted by Gasteiger charge is -2.41. The number of nitrogens with one attached hydrogen (secondary N) is 2. The standard InChI is InChI=1S/C35H43Cl2N9O2/c1-43-14-16-44(17-15-43)21-24-6-2-3-13-46(24)32(47)10-9-29(34-40-28-8-7-23(36)18-31(28)42-34)41-33-26-19-27(37)25(20-30(26)38-22-39-33)35(48)45-11-4-5-12-45/h7-8,18-20,22,24,29H,2-6,9-17,21H2,1H3,(H,40,42)(H,38,39,41). The Morgan fingerprint density at radius 2 is 1.75 bits per heavy atom. The highest BCUT2D eigenvalue weighted by atomic mass is 35.5. The first-order valence-electron chi connectivity index (χ1n) is 17.2. The van der Waals surface area contributed by atoms with Gasteiger partial charge in [-0.15, -0.1) is 0 Å². The molecule has 4 aromatic rings. The first-order chi connectivity index (χ1) is 23.3. The summed E-state index contributed by atoms with van der Waals surface area (Å²) >= 11 is 13.0. The molecule has 11 nitrogen and oxygen atoms in total. The molecule has 2 N–H and O–H groups in total. The molecule has 3 fully saturated rings. The molecule has 0 saturated carbocycles. The molecule has 2 atom stereocenters. The first kappa shape index (κ1) is 33.0. The quantitative estimate of drug-likeness (QED) is 0.233. The van der Waals surface area contributed by atoms with Crippen molar-refractivity contribution in [1.82, 2.24) is 39.5 Å². The number of rotatable bonds is 9. The topological polar surface area (TPSA) is 114 Å². The molecular weight excluding hydrogens is 649 g/mol. The van der Waals surface area contributed by atoms with Gasteiger partial charge in [0.1, 0.15) is 18.0 Å². The van der Waals surface area contributed by atoms with E-state index in [9.17, 15) is 9.59 Å². The van der Waals surface area contributed by atoms with Gasteiger partial charge in [0.15, 0.2) is 0 Å². The number of aromatic amines is 1. The van der Waals surface area contributed by atoms with Crippen molar-refractivity contribution in [3.05, 3.63) is 58.1 Å². The van der Waals surface area contributed by atoms with E-state index in [0.717, 1.165) is 95.5 Å². The number of piperazine rings is 1. The molecule has 7 rings (SSSR count). The SMILES string of the molecule is CN1CCN(CC2CCCCN2C(=O)CCC(Nc2ncnc3cc(C(=O)N4CCCC4)c(Cl)cc23)c2nc3cc(Cl)ccc3[nH]2)CC1. The van der Waals surface area contributed by atoms with E-state index in [-0.39, 0.29) is 23.9 Å². The summed E-state index contributed by atoms with van der Waals surface area (Å²) in [6.07, 6.45) is 7.57. The van der Waals surface area contributed by atoms with Crippen LogP contribution < -0.4 is 5.32 Å². The largest absolute Gasteiger partial charge is 0.359 e. The fourth-order valence-corrected chi connectivity index (χ4v) is 7.72. The van der Waals surface area contributed by atoms with Crippen LogP contribution in [0.25, 0.3) is 21.9 Å². The van der Waals surface area contributed by atoms with Gasteiger partial charge in [0.05, 0.1) is 33.2 Å². The third-order valence-electron chi connectivity index (χ3n) is 10.1. The Morgan fingerprint density at radius 3 is 2.56 bits per heavy atom. The maximum absolute atomic E-state index is 13.9. The molecule has 3 aliphatic rings. The van der Waals surface area contributed by atoms with Gasteiger partial charge in [-0.3, -0.25) is 14.5 Å². The van der Waals surface area contributed by atoms with Crippen LogP contribution >= 0.6 is 23.2 Å². The Morgan fingerprint density at radius 1 is 0.958 bits per heavy atom. The average molecular weight is 693 g/mol. The number of hydrogen-bond donors (Lipinski definition) is 2. The third kappa shape index (κ3) is 7.24. The number of likely N-dealkylation sites (N-methyl/N-ethyl adjacent to an activating group) is 1. The molecule has 2 aromatic carbocycles. The van der Waals surface area contributed by atoms with Crippen molar-refractivity contribution in [1.29, 1.82) is 0 Å². The Labute approximate surface area is 291 Å². The van der Waals surface area contributed by atoms with Gasteiger partial charge in [0, 0.05) is 75.2 Å². The molecule has 0 aliphatic carbocycles. The van der Waals surface area contributed by atoms with E-state index < -0.39 is 0 Å². The van der Waals surface area contributed by atoms with Crippen LogP contribution in [0.1, 0.15) is 67.2 Å². The zero-order valence-corrected chi connectivity index (χ0v) is 28.9. The Balaban J connectivity index is 1.13. The van der Waals surface area contributed by atoms with E-state index in [0.29, 0.717) is 51.0 Å². The van der Waals surface area contributed by atoms with E-state index in [2.05, 4.69) is 42.0 Å². The zero-order chi connectivity index (χ0) is 33.2. The minimum absolute atomic E-state index is 0.0755. The summed E-state index contributed by atoms with van der Waals surface area (Å²) in [6.45, 7) is 7.42. The predicted molar refractivity (Wildman–Crippen MR) is 190 cm³/mol. The normalized spacial score (nSPS) is 20.1. The van der Waals surface area contributed by atoms with Crippen molar-refractivity contribution in [3.8, 4) is 0 Å². The Bertz CT molecular complexity index is 1780. The molecule has 2 unspecified atom stereocenters. The number of piperidine rings is 1. The van der Waals surface area contributed by atoms with E-state index in [1.54, 1.807) is 12.1 Å². The molecule has 0 spiro atoms. The molecule has 3 aliphatic heterocycles. The van der Waals surface area contributed by atoms with Gasteiger partial charge in [-0.05, 0) is 75.9 Å². The molecule has 254 valence electrons. The molecule has 2 aromatic heterocycles. The summed E-state index contributed by atoms with van der Waals surface area (Å²) in [5, 5.41) is 5.23. The number of fused-ring (bicyclic) bond motifs is 2. The molecule has 13 heteroatoms. The monoisotopic (exact) mass is 691 g/mol. The van der Waals surface area contributed by atoms with Gasteiger partial charge in [-0.2, -0.15) is 0 Å². The maximum Gasteiger partial charge on any atom is 0.255 e. The molecule has 0 bridgehead atoms. The Hall–Kier alpha value is -3.51. The lowest BCUT2D eigenvalue weighted by molar-refractivity contribution is -0.135. The van der Waals surface area contributed by atoms with E-state index in [4.69, 9.17) is 28.2 Å². The second-order valence-corrected chi connectivity index (χ2v) is 14.3. The van der Waals surface area contributed by atoms with Gasteiger partial charge in [-0.1, -0.05) is 23.2 Å². The second-order valence-electron chi connectivity index (χ2n) is 13.4. The number of anilines is 1. The van der Waals surface area contributed by atoms with Crippen molar-refractivity contribution in [2.45, 2.75) is 57.0 Å². The number of imidazole rings is 1. The summed E-state index contributed by atoms with van der Waals surface area (Å²) in [5.41, 5.74) is 2.67. The van der Waals surface area contributed by atoms with E-state index in [1.165, 1.54) is 6.33 Å². The van der Waals surface area contributed by atoms with Crippen molar-refractivity contribution in [2.24, 2.45) is 0 Å². The molecule has 0 radical (unpaired) electrons. The van der Waals surface area contributed by atoms with E-state index in [1.807, 2.05) is 23.1 Å². The van der Waals surface area contributed by atoms with Gasteiger partial charge < -0.3 is 25.0 Å². The van der Waals surface area contributed by atoms with Crippen LogP contribution in [0, 0.1) is 0 Å². The third-order valence-corrected chi connectivity index (χ3v) is 10.7. The van der Waals surface area contributed by atoms with Crippen LogP contribution in [0.3, 0.4) is 0 Å². The predicted octanol–water partition coefficient (Wildman–Crippen LogP) is 5.61. The van der Waals surface area contributed by atoms with Crippen molar-refractivity contribution in [3.63, 3.8) is 0 Å². The summed E-state index contributed by atoms with van der Waals surface area (Å²) in [6, 6.07) is 8.95. The van der Waals surface area contributed by atoms with Gasteiger partial charge in [0.25, 0.3) is 5.91 Å². The number of carbonyl (C=O) groups excluding carboxylic acids is 2. The Kier molecular flexibility index (Phi) is 10.00. The number of hydrogen-bond acceptors (Lipinski definition) is 8. The van der Waals surface area contributed by atoms with E-state index >= 15 is 0 Å². The molecule has 5 heterocycles. The lowest BCUT2D eigenvalue weighted by Crippen LogP contribution is -2.53. The molecule has 2 amide bonds. The summed E-state index contributed by atoms with van der Waals surface area (Å²) in [7, 11) is 2.17. The number of benzene rings is 2. The number of amides is 2. The highest BCUT2D eigenvalue weighted by Gasteiger charge is 2.30. The highest BCUT2D eigenvalue weighted by Crippen LogP contribution is 2.32. The van der Waals surface area contributed by atoms with Crippen LogP contribution in [0.15, 0.2) is 36.7 Å². The summed E-state index contributed by atoms with van der Waals surface area (Å²) in [5.74, 6) is 1.34. The zero-order valence-electron chi connectivity index (χ0n) is 27.4. The maximum atomic E-state index is 13.9. The molecule has 3 saturated heterocycles. The van der Waals surface area contributed by atoms with Gasteiger partial charge in [-0.25, -0.2) is 15.0 Å². The number of halogens is 2. The van der Waals surface area contributed by atoms with Crippen LogP contribution in [0.2, 0.25) is 10.0 Å². The van der Waals surface area contributed by atoms with Crippen molar-refractivity contribution in [2.75, 3.05) is 64.7 Å². The van der Waals surface area contributed by atoms with Crippen LogP contribution in [0.5, 0.6) is 0 Å². The van der Waals surface area contributed by atoms with Crippen LogP contribution in [-0.2, 0) is 4.79 Å². The van der Waals surface area contributed by atoms with Crippen molar-refractivity contribution >= 4 is 62.8 Å². The van der Waals surface area contributed by atoms with Gasteiger partial charge >= 0.3 is 0 Å². The number of nitrogens with zero attached hydrogens (tertiary/aromatic N) is 7. The minimum atomic E-state index is -0.371. The highest BCUT2D eigenvalue weighted by molar-refractivity contribution is 6.35. The summed E-state index contributed by atoms with van der Waals surface area (Å²) < 4.78 is 0. The fraction of sp³-hybridized carbons (Fsp3) is 0.514. The average Bonchev–Trinajstić information content (AvgIpc) is 3.78. The number of carbonyl (C=O) groups is 2. The number of likely N-dealkylation sites (tertiary alicyclic amines) is 2. The molecular formula is C35H43Cl2N9O2. The van der Waals surface area contributed by atoms with Gasteiger partial charge in [0.2, 0.25) is 5.91 Å². The minimum Gasteiger partial charge on any atom is -0.359 e.